The summed E-state index contributed by atoms with van der Waals surface area (Å²) < 4.78 is 4.99. The van der Waals surface area contributed by atoms with Crippen molar-refractivity contribution in [2.75, 3.05) is 25.0 Å². The average molecular weight is 291 g/mol. The van der Waals surface area contributed by atoms with E-state index in [-0.39, 0.29) is 18.0 Å². The lowest BCUT2D eigenvalue weighted by molar-refractivity contribution is 0.0526. The van der Waals surface area contributed by atoms with Gasteiger partial charge in [-0.15, -0.1) is 0 Å². The number of hydrogen-bond acceptors (Lipinski definition) is 4. The van der Waals surface area contributed by atoms with Gasteiger partial charge in [0.1, 0.15) is 0 Å². The van der Waals surface area contributed by atoms with Crippen LogP contribution < -0.4 is 11.1 Å². The van der Waals surface area contributed by atoms with Crippen molar-refractivity contribution in [3.05, 3.63) is 29.8 Å². The number of likely N-dealkylation sites (tertiary alicyclic amines) is 1. The van der Waals surface area contributed by atoms with Gasteiger partial charge in [-0.25, -0.2) is 9.59 Å². The maximum absolute atomic E-state index is 11.7. The summed E-state index contributed by atoms with van der Waals surface area (Å²) in [6.45, 7) is 3.46. The molecule has 0 unspecified atom stereocenters. The zero-order valence-corrected chi connectivity index (χ0v) is 12.2. The summed E-state index contributed by atoms with van der Waals surface area (Å²) in [7, 11) is 0. The Morgan fingerprint density at radius 3 is 2.71 bits per heavy atom. The quantitative estimate of drug-likeness (QED) is 0.829. The highest BCUT2D eigenvalue weighted by Gasteiger charge is 2.21. The minimum atomic E-state index is -0.363. The van der Waals surface area contributed by atoms with Crippen LogP contribution in [0.4, 0.5) is 10.5 Å². The van der Waals surface area contributed by atoms with Gasteiger partial charge in [0.15, 0.2) is 0 Å². The van der Waals surface area contributed by atoms with Gasteiger partial charge >= 0.3 is 12.0 Å². The molecule has 0 atom stereocenters. The predicted molar refractivity (Wildman–Crippen MR) is 80.2 cm³/mol. The van der Waals surface area contributed by atoms with E-state index >= 15 is 0 Å². The number of esters is 1. The number of carbonyl (C=O) groups excluding carboxylic acids is 2. The number of piperidine rings is 1. The highest BCUT2D eigenvalue weighted by molar-refractivity contribution is 5.90. The van der Waals surface area contributed by atoms with Crippen molar-refractivity contribution in [3.63, 3.8) is 0 Å². The van der Waals surface area contributed by atoms with E-state index < -0.39 is 0 Å². The number of anilines is 1. The second kappa shape index (κ2) is 6.97. The van der Waals surface area contributed by atoms with Gasteiger partial charge in [0.05, 0.1) is 12.2 Å². The summed E-state index contributed by atoms with van der Waals surface area (Å²) >= 11 is 0. The predicted octanol–water partition coefficient (Wildman–Crippen LogP) is 1.82. The number of primary amides is 1. The van der Waals surface area contributed by atoms with Gasteiger partial charge in [-0.1, -0.05) is 6.07 Å². The van der Waals surface area contributed by atoms with Crippen LogP contribution in [0.15, 0.2) is 24.3 Å². The molecule has 0 saturated carbocycles. The number of urea groups is 1. The number of benzene rings is 1. The molecule has 1 saturated heterocycles. The summed E-state index contributed by atoms with van der Waals surface area (Å²) in [5.74, 6) is -0.315. The third-order valence-corrected chi connectivity index (χ3v) is 3.55. The van der Waals surface area contributed by atoms with E-state index in [1.807, 2.05) is 12.1 Å². The lowest BCUT2D eigenvalue weighted by atomic mass is 10.0. The molecule has 0 aromatic heterocycles. The van der Waals surface area contributed by atoms with Gasteiger partial charge in [0.25, 0.3) is 0 Å². The summed E-state index contributed by atoms with van der Waals surface area (Å²) in [5, 5.41) is 3.39. The van der Waals surface area contributed by atoms with Gasteiger partial charge < -0.3 is 20.7 Å². The highest BCUT2D eigenvalue weighted by Crippen LogP contribution is 2.18. The minimum absolute atomic E-state index is 0.276. The zero-order chi connectivity index (χ0) is 15.2. The Labute approximate surface area is 124 Å². The number of nitrogens with zero attached hydrogens (tertiary/aromatic N) is 1. The van der Waals surface area contributed by atoms with Crippen molar-refractivity contribution in [1.82, 2.24) is 4.90 Å². The van der Waals surface area contributed by atoms with Crippen LogP contribution in [0, 0.1) is 0 Å². The normalized spacial score (nSPS) is 15.6. The van der Waals surface area contributed by atoms with Crippen LogP contribution >= 0.6 is 0 Å². The molecule has 1 aliphatic rings. The van der Waals surface area contributed by atoms with E-state index in [2.05, 4.69) is 5.32 Å². The number of nitrogens with two attached hydrogens (primary N) is 1. The third kappa shape index (κ3) is 4.11. The van der Waals surface area contributed by atoms with Crippen LogP contribution in [0.1, 0.15) is 30.1 Å². The van der Waals surface area contributed by atoms with E-state index in [0.717, 1.165) is 18.5 Å². The van der Waals surface area contributed by atoms with Crippen LogP contribution in [-0.4, -0.2) is 42.6 Å². The van der Waals surface area contributed by atoms with E-state index in [1.54, 1.807) is 24.0 Å². The highest BCUT2D eigenvalue weighted by atomic mass is 16.5. The average Bonchev–Trinajstić information content (AvgIpc) is 2.48. The monoisotopic (exact) mass is 291 g/mol. The lowest BCUT2D eigenvalue weighted by Gasteiger charge is -2.31. The molecule has 6 nitrogen and oxygen atoms in total. The molecule has 2 amide bonds. The number of nitrogens with one attached hydrogen (secondary N) is 1. The van der Waals surface area contributed by atoms with Crippen molar-refractivity contribution in [1.29, 1.82) is 0 Å². The van der Waals surface area contributed by atoms with Crippen molar-refractivity contribution in [3.8, 4) is 0 Å². The molecule has 21 heavy (non-hydrogen) atoms. The molecule has 0 radical (unpaired) electrons. The van der Waals surface area contributed by atoms with Gasteiger partial charge in [-0.05, 0) is 38.0 Å². The zero-order valence-electron chi connectivity index (χ0n) is 12.2. The molecule has 0 bridgehead atoms. The van der Waals surface area contributed by atoms with Gasteiger partial charge in [-0.2, -0.15) is 0 Å². The topological polar surface area (TPSA) is 84.7 Å². The Hall–Kier alpha value is -2.24. The lowest BCUT2D eigenvalue weighted by Crippen LogP contribution is -2.44. The van der Waals surface area contributed by atoms with E-state index in [9.17, 15) is 9.59 Å². The summed E-state index contributed by atoms with van der Waals surface area (Å²) in [6, 6.07) is 7.18. The smallest absolute Gasteiger partial charge is 0.338 e. The van der Waals surface area contributed by atoms with E-state index in [1.165, 1.54) is 0 Å². The largest absolute Gasteiger partial charge is 0.462 e. The Kier molecular flexibility index (Phi) is 5.03. The van der Waals surface area contributed by atoms with E-state index in [4.69, 9.17) is 10.5 Å². The molecule has 3 N–H and O–H groups in total. The maximum Gasteiger partial charge on any atom is 0.338 e. The summed E-state index contributed by atoms with van der Waals surface area (Å²) in [6.07, 6.45) is 1.68. The fraction of sp³-hybridized carbons (Fsp3) is 0.467. The molecule has 1 fully saturated rings. The van der Waals surface area contributed by atoms with Crippen LogP contribution in [0.2, 0.25) is 0 Å². The Bertz CT molecular complexity index is 511. The molecule has 1 aliphatic heterocycles. The molecular weight excluding hydrogens is 270 g/mol. The van der Waals surface area contributed by atoms with Crippen LogP contribution in [0.3, 0.4) is 0 Å². The molecule has 0 spiro atoms. The van der Waals surface area contributed by atoms with Gasteiger partial charge in [0, 0.05) is 24.8 Å². The Morgan fingerprint density at radius 1 is 1.38 bits per heavy atom. The van der Waals surface area contributed by atoms with Gasteiger partial charge in [-0.3, -0.25) is 0 Å². The molecule has 1 aromatic carbocycles. The van der Waals surface area contributed by atoms with Crippen LogP contribution in [0.5, 0.6) is 0 Å². The number of carbonyl (C=O) groups is 2. The number of ether oxygens (including phenoxy) is 1. The van der Waals surface area contributed by atoms with Crippen molar-refractivity contribution >= 4 is 17.7 Å². The number of rotatable bonds is 4. The maximum atomic E-state index is 11.7. The van der Waals surface area contributed by atoms with Gasteiger partial charge in [0.2, 0.25) is 0 Å². The van der Waals surface area contributed by atoms with Crippen molar-refractivity contribution in [2.24, 2.45) is 5.73 Å². The Balaban J connectivity index is 1.93. The first-order chi connectivity index (χ1) is 10.1. The fourth-order valence-electron chi connectivity index (χ4n) is 2.43. The molecule has 6 heteroatoms. The van der Waals surface area contributed by atoms with Crippen molar-refractivity contribution in [2.45, 2.75) is 25.8 Å². The summed E-state index contributed by atoms with van der Waals surface area (Å²) in [4.78, 5) is 24.4. The fourth-order valence-corrected chi connectivity index (χ4v) is 2.43. The minimum Gasteiger partial charge on any atom is -0.462 e. The van der Waals surface area contributed by atoms with Crippen molar-refractivity contribution < 1.29 is 14.3 Å². The summed E-state index contributed by atoms with van der Waals surface area (Å²) in [5.41, 5.74) is 6.69. The molecular formula is C15H21N3O3. The Morgan fingerprint density at radius 2 is 2.10 bits per heavy atom. The second-order valence-corrected chi connectivity index (χ2v) is 5.05. The third-order valence-electron chi connectivity index (χ3n) is 3.55. The molecule has 1 aromatic rings. The number of hydrogen-bond donors (Lipinski definition) is 2. The second-order valence-electron chi connectivity index (χ2n) is 5.05. The standard InChI is InChI=1S/C15H21N3O3/c1-2-21-14(19)11-4-3-5-13(10-11)17-12-6-8-18(9-7-12)15(16)20/h3-5,10,12,17H,2,6-9H2,1H3,(H2,16,20). The van der Waals surface area contributed by atoms with E-state index in [0.29, 0.717) is 25.3 Å². The molecule has 2 rings (SSSR count). The molecule has 0 aliphatic carbocycles. The van der Waals surface area contributed by atoms with Crippen LogP contribution in [0.25, 0.3) is 0 Å². The SMILES string of the molecule is CCOC(=O)c1cccc(NC2CCN(C(N)=O)CC2)c1. The molecule has 1 heterocycles. The number of amides is 2. The molecule has 114 valence electrons. The first-order valence-electron chi connectivity index (χ1n) is 7.18. The first kappa shape index (κ1) is 15.2. The van der Waals surface area contributed by atoms with Crippen LogP contribution in [-0.2, 0) is 4.74 Å². The first-order valence-corrected chi connectivity index (χ1v) is 7.18.